The number of Topliss-reactive ketones (excluding diaryl/α,β-unsaturated/α-hetero) is 1. The van der Waals surface area contributed by atoms with Crippen molar-refractivity contribution < 1.29 is 21.8 Å². The number of benzene rings is 2. The number of nitrogens with zero attached hydrogens (tertiary/aromatic N) is 2. The summed E-state index contributed by atoms with van der Waals surface area (Å²) in [7, 11) is -4.41. The van der Waals surface area contributed by atoms with Crippen molar-refractivity contribution in [3.05, 3.63) is 93.9 Å². The Morgan fingerprint density at radius 1 is 1.16 bits per heavy atom. The van der Waals surface area contributed by atoms with Gasteiger partial charge in [-0.1, -0.05) is 43.3 Å². The lowest BCUT2D eigenvalue weighted by molar-refractivity contribution is 0.0975. The molecule has 4 rings (SSSR count). The number of halogens is 1. The molecule has 0 saturated heterocycles. The van der Waals surface area contributed by atoms with Crippen LogP contribution in [0, 0.1) is 11.7 Å². The fourth-order valence-corrected chi connectivity index (χ4v) is 5.04. The monoisotopic (exact) mass is 525 g/mol. The Labute approximate surface area is 215 Å². The second kappa shape index (κ2) is 11.1. The Morgan fingerprint density at radius 2 is 1.86 bits per heavy atom. The maximum atomic E-state index is 13.7. The highest BCUT2D eigenvalue weighted by atomic mass is 32.2. The van der Waals surface area contributed by atoms with E-state index in [1.165, 1.54) is 41.0 Å². The van der Waals surface area contributed by atoms with E-state index >= 15 is 0 Å². The molecular weight excluding hydrogens is 497 g/mol. The van der Waals surface area contributed by atoms with Gasteiger partial charge in [0.1, 0.15) is 10.7 Å². The van der Waals surface area contributed by atoms with Crippen molar-refractivity contribution in [1.82, 2.24) is 14.9 Å². The van der Waals surface area contributed by atoms with Crippen molar-refractivity contribution in [3.63, 3.8) is 0 Å². The molecular formula is C27H28FN3O5S. The lowest BCUT2D eigenvalue weighted by Crippen LogP contribution is -2.33. The molecule has 3 aromatic rings. The van der Waals surface area contributed by atoms with Crippen LogP contribution in [0.1, 0.15) is 48.6 Å². The highest BCUT2D eigenvalue weighted by Gasteiger charge is 2.30. The summed E-state index contributed by atoms with van der Waals surface area (Å²) >= 11 is 0. The van der Waals surface area contributed by atoms with E-state index in [-0.39, 0.29) is 41.7 Å². The van der Waals surface area contributed by atoms with Crippen LogP contribution >= 0.6 is 0 Å². The molecule has 0 aliphatic carbocycles. The average molecular weight is 526 g/mol. The summed E-state index contributed by atoms with van der Waals surface area (Å²) < 4.78 is 46.0. The minimum Gasteiger partial charge on any atom is -0.383 e. The van der Waals surface area contributed by atoms with Crippen LogP contribution in [0.25, 0.3) is 5.70 Å². The summed E-state index contributed by atoms with van der Waals surface area (Å²) in [5.41, 5.74) is 0.208. The quantitative estimate of drug-likeness (QED) is 0.333. The van der Waals surface area contributed by atoms with Crippen LogP contribution in [0.4, 0.5) is 4.39 Å². The Balaban J connectivity index is 1.81. The molecule has 2 aromatic carbocycles. The van der Waals surface area contributed by atoms with E-state index in [0.717, 1.165) is 0 Å². The fourth-order valence-electron chi connectivity index (χ4n) is 4.09. The first kappa shape index (κ1) is 26.3. The van der Waals surface area contributed by atoms with Gasteiger partial charge in [-0.2, -0.15) is 8.42 Å². The van der Waals surface area contributed by atoms with E-state index in [1.807, 2.05) is 19.9 Å². The molecule has 0 amide bonds. The fraction of sp³-hybridized carbons (Fsp3) is 0.296. The van der Waals surface area contributed by atoms with Crippen LogP contribution in [0.5, 0.6) is 5.75 Å². The molecule has 1 N–H and O–H groups in total. The van der Waals surface area contributed by atoms with Crippen molar-refractivity contribution in [2.75, 3.05) is 6.54 Å². The number of ketones is 1. The number of aromatic nitrogens is 2. The Bertz CT molecular complexity index is 1480. The second-order valence-corrected chi connectivity index (χ2v) is 10.5. The maximum Gasteiger partial charge on any atom is 0.339 e. The van der Waals surface area contributed by atoms with Gasteiger partial charge in [-0.3, -0.25) is 14.2 Å². The van der Waals surface area contributed by atoms with Crippen LogP contribution < -0.4 is 15.1 Å². The van der Waals surface area contributed by atoms with E-state index in [1.54, 1.807) is 18.2 Å². The Hall–Kier alpha value is -3.79. The zero-order chi connectivity index (χ0) is 26.6. The van der Waals surface area contributed by atoms with Crippen molar-refractivity contribution in [3.8, 4) is 5.75 Å². The average Bonchev–Trinajstić information content (AvgIpc) is 3.04. The van der Waals surface area contributed by atoms with Gasteiger partial charge in [0.15, 0.2) is 17.3 Å². The number of hydrogen-bond donors (Lipinski definition) is 1. The number of hydrogen-bond acceptors (Lipinski definition) is 7. The van der Waals surface area contributed by atoms with E-state index < -0.39 is 33.0 Å². The molecule has 1 aliphatic heterocycles. The zero-order valence-electron chi connectivity index (χ0n) is 20.6. The first-order valence-corrected chi connectivity index (χ1v) is 13.5. The van der Waals surface area contributed by atoms with Crippen molar-refractivity contribution in [2.45, 2.75) is 44.6 Å². The van der Waals surface area contributed by atoms with Crippen molar-refractivity contribution >= 4 is 21.6 Å². The molecule has 0 saturated carbocycles. The zero-order valence-corrected chi connectivity index (χ0v) is 21.4. The maximum absolute atomic E-state index is 13.7. The molecule has 0 bridgehead atoms. The van der Waals surface area contributed by atoms with E-state index in [0.29, 0.717) is 24.2 Å². The van der Waals surface area contributed by atoms with Gasteiger partial charge in [0.05, 0.1) is 5.70 Å². The van der Waals surface area contributed by atoms with Gasteiger partial charge >= 0.3 is 10.1 Å². The molecule has 10 heteroatoms. The van der Waals surface area contributed by atoms with E-state index in [2.05, 4.69) is 10.3 Å². The normalized spacial score (nSPS) is 15.3. The highest BCUT2D eigenvalue weighted by molar-refractivity contribution is 7.87. The van der Waals surface area contributed by atoms with E-state index in [4.69, 9.17) is 4.18 Å². The van der Waals surface area contributed by atoms with Crippen molar-refractivity contribution in [1.29, 1.82) is 0 Å². The van der Waals surface area contributed by atoms with Crippen LogP contribution in [0.3, 0.4) is 0 Å². The van der Waals surface area contributed by atoms with Gasteiger partial charge in [0.2, 0.25) is 5.75 Å². The molecule has 2 heterocycles. The second-order valence-electron chi connectivity index (χ2n) is 8.92. The number of fused-ring (bicyclic) bond motifs is 1. The number of carbonyl (C=O) groups excluding carboxylic acids is 1. The third-order valence-corrected chi connectivity index (χ3v) is 7.23. The molecule has 1 aliphatic rings. The van der Waals surface area contributed by atoms with Crippen LogP contribution in [0.15, 0.2) is 70.4 Å². The Kier molecular flexibility index (Phi) is 7.87. The van der Waals surface area contributed by atoms with Crippen LogP contribution in [-0.2, 0) is 23.1 Å². The molecule has 0 fully saturated rings. The minimum atomic E-state index is -4.41. The number of rotatable bonds is 9. The first-order chi connectivity index (χ1) is 17.7. The van der Waals surface area contributed by atoms with Crippen LogP contribution in [0.2, 0.25) is 0 Å². The van der Waals surface area contributed by atoms with Gasteiger partial charge in [0.25, 0.3) is 5.56 Å². The molecule has 194 valence electrons. The molecule has 0 spiro atoms. The van der Waals surface area contributed by atoms with Gasteiger partial charge in [-0.25, -0.2) is 9.37 Å². The van der Waals surface area contributed by atoms with Gasteiger partial charge in [-0.05, 0) is 55.5 Å². The predicted octanol–water partition coefficient (Wildman–Crippen LogP) is 3.96. The number of nitrogens with one attached hydrogen (secondary N) is 1. The SMILES string of the molecule is CCNC1=CC[C@H](C)Cn2c1nc(C(=O)CCc1ccc(F)cc1)c(OS(=O)(=O)c1ccccc1)c2=O. The Morgan fingerprint density at radius 3 is 2.54 bits per heavy atom. The van der Waals surface area contributed by atoms with Gasteiger partial charge < -0.3 is 9.50 Å². The predicted molar refractivity (Wildman–Crippen MR) is 137 cm³/mol. The number of carbonyl (C=O) groups is 1. The van der Waals surface area contributed by atoms with E-state index in [9.17, 15) is 22.4 Å². The molecule has 1 aromatic heterocycles. The number of aryl methyl sites for hydroxylation is 1. The summed E-state index contributed by atoms with van der Waals surface area (Å²) in [6, 6.07) is 13.1. The molecule has 1 atom stereocenters. The topological polar surface area (TPSA) is 107 Å². The molecule has 0 radical (unpaired) electrons. The summed E-state index contributed by atoms with van der Waals surface area (Å²) in [5, 5.41) is 3.18. The van der Waals surface area contributed by atoms with Crippen LogP contribution in [-0.4, -0.2) is 30.3 Å². The number of allylic oxidation sites excluding steroid dienone is 1. The molecule has 8 nitrogen and oxygen atoms in total. The van der Waals surface area contributed by atoms with Gasteiger partial charge in [-0.15, -0.1) is 0 Å². The van der Waals surface area contributed by atoms with Crippen molar-refractivity contribution in [2.24, 2.45) is 5.92 Å². The lowest BCUT2D eigenvalue weighted by Gasteiger charge is -2.18. The molecule has 0 unspecified atom stereocenters. The lowest BCUT2D eigenvalue weighted by atomic mass is 10.1. The molecule has 37 heavy (non-hydrogen) atoms. The smallest absolute Gasteiger partial charge is 0.339 e. The summed E-state index contributed by atoms with van der Waals surface area (Å²) in [4.78, 5) is 31.4. The standard InChI is InChI=1S/C27H28FN3O5S/c1-3-29-22-15-9-18(2)17-31-26(22)30-24(23(32)16-12-19-10-13-20(28)14-11-19)25(27(31)33)36-37(34,35)21-7-5-4-6-8-21/h4-8,10-11,13-15,18,29H,3,9,12,16-17H2,1-2H3/t18-/m0/s1. The first-order valence-electron chi connectivity index (χ1n) is 12.1. The summed E-state index contributed by atoms with van der Waals surface area (Å²) in [6.07, 6.45) is 2.75. The van der Waals surface area contributed by atoms with Gasteiger partial charge in [0, 0.05) is 19.5 Å². The highest BCUT2D eigenvalue weighted by Crippen LogP contribution is 2.25. The minimum absolute atomic E-state index is 0.0630. The largest absolute Gasteiger partial charge is 0.383 e. The third-order valence-electron chi connectivity index (χ3n) is 6.00. The third kappa shape index (κ3) is 5.96. The summed E-state index contributed by atoms with van der Waals surface area (Å²) in [6.45, 7) is 4.70. The summed E-state index contributed by atoms with van der Waals surface area (Å²) in [5.74, 6) is -1.26.